The molecule has 1 aromatic heterocycles. The molecule has 23 heavy (non-hydrogen) atoms. The Kier molecular flexibility index (Phi) is 3.81. The van der Waals surface area contributed by atoms with Crippen LogP contribution in [0.3, 0.4) is 0 Å². The van der Waals surface area contributed by atoms with Crippen LogP contribution in [0, 0.1) is 13.8 Å². The van der Waals surface area contributed by atoms with Crippen molar-refractivity contribution in [2.75, 3.05) is 4.72 Å². The molecule has 0 saturated heterocycles. The van der Waals surface area contributed by atoms with Crippen molar-refractivity contribution in [3.05, 3.63) is 56.4 Å². The monoisotopic (exact) mass is 395 g/mol. The van der Waals surface area contributed by atoms with Gasteiger partial charge in [-0.1, -0.05) is 6.07 Å². The lowest BCUT2D eigenvalue weighted by Crippen LogP contribution is -2.13. The average molecular weight is 396 g/mol. The van der Waals surface area contributed by atoms with Gasteiger partial charge in [-0.15, -0.1) is 0 Å². The van der Waals surface area contributed by atoms with Crippen LogP contribution in [0.5, 0.6) is 0 Å². The van der Waals surface area contributed by atoms with Crippen molar-refractivity contribution in [1.82, 2.24) is 9.97 Å². The second-order valence-corrected chi connectivity index (χ2v) is 7.85. The molecule has 0 radical (unpaired) electrons. The number of fused-ring (bicyclic) bond motifs is 1. The predicted molar refractivity (Wildman–Crippen MR) is 93.3 cm³/mol. The van der Waals surface area contributed by atoms with E-state index in [2.05, 4.69) is 30.6 Å². The lowest BCUT2D eigenvalue weighted by Gasteiger charge is -2.11. The number of nitrogens with one attached hydrogen (secondary N) is 3. The molecule has 3 aromatic rings. The van der Waals surface area contributed by atoms with Crippen molar-refractivity contribution in [3.63, 3.8) is 0 Å². The molecule has 0 aliphatic carbocycles. The van der Waals surface area contributed by atoms with Crippen LogP contribution < -0.4 is 10.4 Å². The highest BCUT2D eigenvalue weighted by Crippen LogP contribution is 2.28. The predicted octanol–water partition coefficient (Wildman–Crippen LogP) is 3.04. The van der Waals surface area contributed by atoms with Gasteiger partial charge in [0.1, 0.15) is 0 Å². The third-order valence-corrected chi connectivity index (χ3v) is 5.66. The fraction of sp³-hybridized carbons (Fsp3) is 0.133. The minimum Gasteiger partial charge on any atom is -0.306 e. The molecule has 1 heterocycles. The first-order valence-electron chi connectivity index (χ1n) is 6.78. The maximum atomic E-state index is 12.5. The number of H-pyrrole nitrogens is 2. The molecule has 0 amide bonds. The molecule has 6 nitrogen and oxygen atoms in total. The smallest absolute Gasteiger partial charge is 0.306 e. The van der Waals surface area contributed by atoms with Gasteiger partial charge in [-0.05, 0) is 65.2 Å². The van der Waals surface area contributed by atoms with E-state index in [1.165, 1.54) is 0 Å². The summed E-state index contributed by atoms with van der Waals surface area (Å²) in [7, 11) is -3.72. The van der Waals surface area contributed by atoms with Gasteiger partial charge in [-0.25, -0.2) is 13.2 Å². The molecule has 3 N–H and O–H groups in total. The quantitative estimate of drug-likeness (QED) is 0.635. The largest absolute Gasteiger partial charge is 0.323 e. The van der Waals surface area contributed by atoms with Crippen molar-refractivity contribution in [1.29, 1.82) is 0 Å². The van der Waals surface area contributed by atoms with E-state index in [0.29, 0.717) is 21.2 Å². The number of sulfonamides is 1. The summed E-state index contributed by atoms with van der Waals surface area (Å²) in [6.07, 6.45) is 0. The lowest BCUT2D eigenvalue weighted by molar-refractivity contribution is 0.601. The fourth-order valence-electron chi connectivity index (χ4n) is 2.22. The maximum absolute atomic E-state index is 12.5. The Balaban J connectivity index is 2.04. The van der Waals surface area contributed by atoms with Gasteiger partial charge in [0.05, 0.1) is 21.6 Å². The Labute approximate surface area is 141 Å². The van der Waals surface area contributed by atoms with E-state index in [0.717, 1.165) is 11.1 Å². The molecule has 2 aromatic carbocycles. The van der Waals surface area contributed by atoms with Gasteiger partial charge in [0.15, 0.2) is 0 Å². The topological polar surface area (TPSA) is 94.8 Å². The summed E-state index contributed by atoms with van der Waals surface area (Å²) in [6, 6.07) is 8.17. The van der Waals surface area contributed by atoms with Crippen molar-refractivity contribution >= 4 is 42.7 Å². The number of hydrogen-bond acceptors (Lipinski definition) is 3. The highest BCUT2D eigenvalue weighted by atomic mass is 79.9. The Morgan fingerprint density at radius 2 is 1.65 bits per heavy atom. The number of hydrogen-bond donors (Lipinski definition) is 3. The standard InChI is InChI=1S/C15H14BrN3O3S/c1-8-3-4-10(5-9(8)2)23(21,22)19-12-7-14-13(6-11(12)16)17-15(20)18-14/h3-7,19H,1-2H3,(H2,17,18,20). The summed E-state index contributed by atoms with van der Waals surface area (Å²) in [5.41, 5.74) is 3.05. The van der Waals surface area contributed by atoms with Crippen LogP contribution in [0.2, 0.25) is 0 Å². The zero-order valence-electron chi connectivity index (χ0n) is 12.4. The normalized spacial score (nSPS) is 11.8. The molecule has 0 bridgehead atoms. The van der Waals surface area contributed by atoms with Gasteiger partial charge in [0, 0.05) is 4.47 Å². The summed E-state index contributed by atoms with van der Waals surface area (Å²) >= 11 is 3.32. The van der Waals surface area contributed by atoms with Crippen LogP contribution >= 0.6 is 15.9 Å². The van der Waals surface area contributed by atoms with Gasteiger partial charge in [0.25, 0.3) is 10.0 Å². The van der Waals surface area contributed by atoms with Crippen molar-refractivity contribution in [2.24, 2.45) is 0 Å². The molecule has 120 valence electrons. The van der Waals surface area contributed by atoms with Crippen LogP contribution in [-0.2, 0) is 10.0 Å². The molecule has 0 saturated carbocycles. The van der Waals surface area contributed by atoms with Crippen molar-refractivity contribution < 1.29 is 8.42 Å². The number of anilines is 1. The van der Waals surface area contributed by atoms with E-state index in [1.54, 1.807) is 30.3 Å². The first-order valence-corrected chi connectivity index (χ1v) is 9.05. The van der Waals surface area contributed by atoms with Crippen LogP contribution in [-0.4, -0.2) is 18.4 Å². The Morgan fingerprint density at radius 3 is 2.30 bits per heavy atom. The summed E-state index contributed by atoms with van der Waals surface area (Å²) < 4.78 is 28.2. The highest BCUT2D eigenvalue weighted by molar-refractivity contribution is 9.10. The van der Waals surface area contributed by atoms with Crippen LogP contribution in [0.1, 0.15) is 11.1 Å². The molecule has 8 heteroatoms. The number of aromatic nitrogens is 2. The Hall–Kier alpha value is -2.06. The number of aromatic amines is 2. The van der Waals surface area contributed by atoms with Crippen LogP contribution in [0.15, 0.2) is 44.5 Å². The van der Waals surface area contributed by atoms with E-state index < -0.39 is 10.0 Å². The maximum Gasteiger partial charge on any atom is 0.323 e. The third kappa shape index (κ3) is 3.04. The minimum absolute atomic E-state index is 0.190. The highest BCUT2D eigenvalue weighted by Gasteiger charge is 2.17. The molecule has 0 aliphatic rings. The summed E-state index contributed by atoms with van der Waals surface area (Å²) in [5, 5.41) is 0. The van der Waals surface area contributed by atoms with E-state index in [-0.39, 0.29) is 10.6 Å². The number of halogens is 1. The average Bonchev–Trinajstić information content (AvgIpc) is 2.81. The number of imidazole rings is 1. The molecule has 0 aliphatic heterocycles. The molecule has 0 spiro atoms. The van der Waals surface area contributed by atoms with Gasteiger partial charge in [0.2, 0.25) is 0 Å². The lowest BCUT2D eigenvalue weighted by atomic mass is 10.1. The number of benzene rings is 2. The van der Waals surface area contributed by atoms with E-state index >= 15 is 0 Å². The number of aryl methyl sites for hydroxylation is 2. The zero-order valence-corrected chi connectivity index (χ0v) is 14.8. The second-order valence-electron chi connectivity index (χ2n) is 5.31. The van der Waals surface area contributed by atoms with Gasteiger partial charge < -0.3 is 9.97 Å². The zero-order chi connectivity index (χ0) is 16.8. The molecule has 0 fully saturated rings. The molecule has 0 atom stereocenters. The number of rotatable bonds is 3. The Bertz CT molecular complexity index is 1070. The van der Waals surface area contributed by atoms with Gasteiger partial charge >= 0.3 is 5.69 Å². The summed E-state index contributed by atoms with van der Waals surface area (Å²) in [4.78, 5) is 16.7. The first-order chi connectivity index (χ1) is 10.8. The van der Waals surface area contributed by atoms with E-state index in [4.69, 9.17) is 0 Å². The van der Waals surface area contributed by atoms with E-state index in [1.807, 2.05) is 13.8 Å². The molecule has 3 rings (SSSR count). The molecular weight excluding hydrogens is 382 g/mol. The first kappa shape index (κ1) is 15.8. The second kappa shape index (κ2) is 5.54. The van der Waals surface area contributed by atoms with Crippen LogP contribution in [0.25, 0.3) is 11.0 Å². The summed E-state index contributed by atoms with van der Waals surface area (Å²) in [5.74, 6) is 0. The van der Waals surface area contributed by atoms with Crippen molar-refractivity contribution in [3.8, 4) is 0 Å². The van der Waals surface area contributed by atoms with Crippen LogP contribution in [0.4, 0.5) is 5.69 Å². The molecular formula is C15H14BrN3O3S. The van der Waals surface area contributed by atoms with Crippen molar-refractivity contribution in [2.45, 2.75) is 18.7 Å². The van der Waals surface area contributed by atoms with E-state index in [9.17, 15) is 13.2 Å². The minimum atomic E-state index is -3.72. The fourth-order valence-corrected chi connectivity index (χ4v) is 3.95. The SMILES string of the molecule is Cc1ccc(S(=O)(=O)Nc2cc3[nH]c(=O)[nH]c3cc2Br)cc1C. The van der Waals surface area contributed by atoms with Gasteiger partial charge in [-0.3, -0.25) is 4.72 Å². The Morgan fingerprint density at radius 1 is 1.00 bits per heavy atom. The molecule has 0 unspecified atom stereocenters. The third-order valence-electron chi connectivity index (χ3n) is 3.64. The van der Waals surface area contributed by atoms with Gasteiger partial charge in [-0.2, -0.15) is 0 Å². The summed E-state index contributed by atoms with van der Waals surface area (Å²) in [6.45, 7) is 3.78.